The van der Waals surface area contributed by atoms with Crippen molar-refractivity contribution in [3.05, 3.63) is 35.3 Å². The summed E-state index contributed by atoms with van der Waals surface area (Å²) in [5, 5.41) is 7.94. The summed E-state index contributed by atoms with van der Waals surface area (Å²) in [7, 11) is 4.00. The summed E-state index contributed by atoms with van der Waals surface area (Å²) < 4.78 is 7.73. The van der Waals surface area contributed by atoms with Gasteiger partial charge in [0.05, 0.1) is 11.9 Å². The minimum Gasteiger partial charge on any atom is -0.443 e. The van der Waals surface area contributed by atoms with Crippen LogP contribution in [0.3, 0.4) is 0 Å². The third-order valence-electron chi connectivity index (χ3n) is 4.24. The highest BCUT2D eigenvalue weighted by Crippen LogP contribution is 2.23. The molecule has 2 aromatic heterocycles. The van der Waals surface area contributed by atoms with Crippen LogP contribution in [0, 0.1) is 0 Å². The Morgan fingerprint density at radius 3 is 2.57 bits per heavy atom. The summed E-state index contributed by atoms with van der Waals surface area (Å²) in [6.07, 6.45) is 3.88. The van der Waals surface area contributed by atoms with E-state index >= 15 is 0 Å². The highest BCUT2D eigenvalue weighted by atomic mass is 127. The van der Waals surface area contributed by atoms with E-state index < -0.39 is 0 Å². The maximum Gasteiger partial charge on any atom is 0.216 e. The second-order valence-electron chi connectivity index (χ2n) is 8.26. The standard InChI is InChI=1S/C20H34N6O.HI/c1-9-21-19(23-11-17-22-10-16(27-17)20(4,5)6)25(7)12-15-13-26(8)24-18(15)14(2)3;/h10,13-14H,9,11-12H2,1-8H3,(H,21,23);1H. The van der Waals surface area contributed by atoms with Crippen molar-refractivity contribution in [1.82, 2.24) is 25.0 Å². The topological polar surface area (TPSA) is 71.5 Å². The summed E-state index contributed by atoms with van der Waals surface area (Å²) >= 11 is 0. The number of aryl methyl sites for hydroxylation is 1. The summed E-state index contributed by atoms with van der Waals surface area (Å²) in [5.41, 5.74) is 2.29. The fourth-order valence-corrected chi connectivity index (χ4v) is 2.84. The molecular weight excluding hydrogens is 467 g/mol. The number of oxazole rings is 1. The van der Waals surface area contributed by atoms with E-state index in [0.717, 1.165) is 30.5 Å². The first-order valence-electron chi connectivity index (χ1n) is 9.58. The predicted octanol–water partition coefficient (Wildman–Crippen LogP) is 4.04. The molecule has 7 nitrogen and oxygen atoms in total. The summed E-state index contributed by atoms with van der Waals surface area (Å²) in [6, 6.07) is 0. The second-order valence-corrected chi connectivity index (χ2v) is 8.26. The van der Waals surface area contributed by atoms with Gasteiger partial charge in [-0.05, 0) is 12.8 Å². The first-order chi connectivity index (χ1) is 12.6. The van der Waals surface area contributed by atoms with Crippen LogP contribution < -0.4 is 5.32 Å². The molecule has 28 heavy (non-hydrogen) atoms. The minimum absolute atomic E-state index is 0. The first kappa shape index (κ1) is 24.5. The van der Waals surface area contributed by atoms with E-state index in [2.05, 4.69) is 68.0 Å². The van der Waals surface area contributed by atoms with Crippen LogP contribution >= 0.6 is 24.0 Å². The molecule has 1 N–H and O–H groups in total. The predicted molar refractivity (Wildman–Crippen MR) is 124 cm³/mol. The van der Waals surface area contributed by atoms with Crippen molar-refractivity contribution in [3.63, 3.8) is 0 Å². The lowest BCUT2D eigenvalue weighted by molar-refractivity contribution is 0.382. The van der Waals surface area contributed by atoms with E-state index in [-0.39, 0.29) is 29.4 Å². The SMILES string of the molecule is CCNC(=NCc1ncc(C(C)(C)C)o1)N(C)Cc1cn(C)nc1C(C)C.I. The number of hydrogen-bond donors (Lipinski definition) is 1. The number of rotatable bonds is 6. The van der Waals surface area contributed by atoms with Crippen LogP contribution in [0.1, 0.15) is 70.4 Å². The molecule has 0 amide bonds. The summed E-state index contributed by atoms with van der Waals surface area (Å²) in [4.78, 5) is 11.2. The molecule has 0 saturated heterocycles. The normalized spacial score (nSPS) is 12.2. The lowest BCUT2D eigenvalue weighted by Gasteiger charge is -2.22. The molecule has 2 heterocycles. The highest BCUT2D eigenvalue weighted by molar-refractivity contribution is 14.0. The molecule has 0 aliphatic heterocycles. The largest absolute Gasteiger partial charge is 0.443 e. The van der Waals surface area contributed by atoms with Crippen molar-refractivity contribution < 1.29 is 4.42 Å². The van der Waals surface area contributed by atoms with Crippen LogP contribution in [0.15, 0.2) is 21.8 Å². The minimum atomic E-state index is -0.0518. The Balaban J connectivity index is 0.00000392. The van der Waals surface area contributed by atoms with Gasteiger partial charge < -0.3 is 14.6 Å². The zero-order chi connectivity index (χ0) is 20.2. The zero-order valence-electron chi connectivity index (χ0n) is 18.4. The Morgan fingerprint density at radius 1 is 1.36 bits per heavy atom. The summed E-state index contributed by atoms with van der Waals surface area (Å²) in [6.45, 7) is 14.7. The van der Waals surface area contributed by atoms with Crippen molar-refractivity contribution in [3.8, 4) is 0 Å². The number of aromatic nitrogens is 3. The van der Waals surface area contributed by atoms with Crippen molar-refractivity contribution in [2.45, 2.75) is 66.0 Å². The Morgan fingerprint density at radius 2 is 2.04 bits per heavy atom. The molecule has 0 atom stereocenters. The van der Waals surface area contributed by atoms with E-state index in [1.807, 2.05) is 18.8 Å². The number of guanidine groups is 1. The van der Waals surface area contributed by atoms with Crippen molar-refractivity contribution in [2.75, 3.05) is 13.6 Å². The third kappa shape index (κ3) is 6.49. The van der Waals surface area contributed by atoms with E-state index in [1.165, 1.54) is 5.56 Å². The van der Waals surface area contributed by atoms with Gasteiger partial charge >= 0.3 is 0 Å². The molecule has 0 fully saturated rings. The van der Waals surface area contributed by atoms with Gasteiger partial charge in [-0.15, -0.1) is 24.0 Å². The first-order valence-corrected chi connectivity index (χ1v) is 9.58. The van der Waals surface area contributed by atoms with Crippen molar-refractivity contribution in [1.29, 1.82) is 0 Å². The lowest BCUT2D eigenvalue weighted by Crippen LogP contribution is -2.38. The van der Waals surface area contributed by atoms with E-state index in [0.29, 0.717) is 18.4 Å². The van der Waals surface area contributed by atoms with E-state index in [9.17, 15) is 0 Å². The monoisotopic (exact) mass is 502 g/mol. The number of nitrogens with one attached hydrogen (secondary N) is 1. The number of aliphatic imine (C=N–C) groups is 1. The fourth-order valence-electron chi connectivity index (χ4n) is 2.84. The molecule has 8 heteroatoms. The molecule has 2 aromatic rings. The maximum atomic E-state index is 5.85. The molecule has 0 aliphatic rings. The van der Waals surface area contributed by atoms with Gasteiger partial charge in [-0.25, -0.2) is 9.98 Å². The Hall–Kier alpha value is -1.58. The van der Waals surface area contributed by atoms with Crippen LogP contribution in [0.2, 0.25) is 0 Å². The molecule has 0 saturated carbocycles. The van der Waals surface area contributed by atoms with Crippen LogP contribution in [-0.4, -0.2) is 39.2 Å². The maximum absolute atomic E-state index is 5.85. The van der Waals surface area contributed by atoms with Crippen molar-refractivity contribution >= 4 is 29.9 Å². The van der Waals surface area contributed by atoms with Gasteiger partial charge in [0.1, 0.15) is 12.3 Å². The van der Waals surface area contributed by atoms with Crippen LogP contribution in [-0.2, 0) is 25.6 Å². The molecule has 2 rings (SSSR count). The molecule has 0 unspecified atom stereocenters. The van der Waals surface area contributed by atoms with Gasteiger partial charge in [0.25, 0.3) is 0 Å². The Bertz CT molecular complexity index is 772. The molecule has 0 aromatic carbocycles. The molecule has 158 valence electrons. The highest BCUT2D eigenvalue weighted by Gasteiger charge is 2.19. The average molecular weight is 502 g/mol. The van der Waals surface area contributed by atoms with Crippen LogP contribution in [0.5, 0.6) is 0 Å². The number of halogens is 1. The molecule has 0 spiro atoms. The lowest BCUT2D eigenvalue weighted by atomic mass is 9.94. The molecule has 0 radical (unpaired) electrons. The zero-order valence-corrected chi connectivity index (χ0v) is 20.7. The van der Waals surface area contributed by atoms with Gasteiger partial charge in [0.2, 0.25) is 5.89 Å². The van der Waals surface area contributed by atoms with E-state index in [1.54, 1.807) is 6.20 Å². The van der Waals surface area contributed by atoms with Gasteiger partial charge in [-0.1, -0.05) is 34.6 Å². The van der Waals surface area contributed by atoms with Gasteiger partial charge in [-0.3, -0.25) is 4.68 Å². The molecular formula is C20H35IN6O. The Kier molecular flexibility index (Phi) is 8.97. The summed E-state index contributed by atoms with van der Waals surface area (Å²) in [5.74, 6) is 2.72. The quantitative estimate of drug-likeness (QED) is 0.367. The van der Waals surface area contributed by atoms with Crippen molar-refractivity contribution in [2.24, 2.45) is 12.0 Å². The fraction of sp³-hybridized carbons (Fsp3) is 0.650. The third-order valence-corrected chi connectivity index (χ3v) is 4.24. The molecule has 0 aliphatic carbocycles. The smallest absolute Gasteiger partial charge is 0.216 e. The molecule has 0 bridgehead atoms. The van der Waals surface area contributed by atoms with E-state index in [4.69, 9.17) is 9.41 Å². The van der Waals surface area contributed by atoms with Crippen LogP contribution in [0.25, 0.3) is 0 Å². The number of hydrogen-bond acceptors (Lipinski definition) is 4. The van der Waals surface area contributed by atoms with Crippen LogP contribution in [0.4, 0.5) is 0 Å². The van der Waals surface area contributed by atoms with Gasteiger partial charge in [0.15, 0.2) is 5.96 Å². The second kappa shape index (κ2) is 10.3. The average Bonchev–Trinajstić information content (AvgIpc) is 3.17. The van der Waals surface area contributed by atoms with Gasteiger partial charge in [0, 0.05) is 44.4 Å². The van der Waals surface area contributed by atoms with Gasteiger partial charge in [-0.2, -0.15) is 5.10 Å². The Labute approximate surface area is 186 Å². The number of nitrogens with zero attached hydrogens (tertiary/aromatic N) is 5.